The number of cyclic esters (lactones) is 1. The van der Waals surface area contributed by atoms with Gasteiger partial charge in [-0.15, -0.1) is 5.56 Å². The molecule has 1 aromatic carbocycles. The minimum atomic E-state index is -0.701. The summed E-state index contributed by atoms with van der Waals surface area (Å²) in [5, 5.41) is 0. The molecule has 0 bridgehead atoms. The maximum Gasteiger partial charge on any atom is 0.341 e. The SMILES string of the molecule is CC.COC1=C(c2cc[c-]cc2C)C(=O)OC1(C)C.[Y]. The molecule has 0 saturated heterocycles. The van der Waals surface area contributed by atoms with Crippen LogP contribution in [0, 0.1) is 13.0 Å². The van der Waals surface area contributed by atoms with Crippen LogP contribution in [0.1, 0.15) is 38.8 Å². The van der Waals surface area contributed by atoms with Crippen LogP contribution >= 0.6 is 0 Å². The number of ether oxygens (including phenoxy) is 2. The summed E-state index contributed by atoms with van der Waals surface area (Å²) in [7, 11) is 1.56. The third-order valence-electron chi connectivity index (χ3n) is 2.87. The molecular formula is C16H21O3Y-. The molecule has 0 N–H and O–H groups in total. The first-order valence-electron chi connectivity index (χ1n) is 6.46. The Labute approximate surface area is 146 Å². The molecule has 3 nitrogen and oxygen atoms in total. The zero-order chi connectivity index (χ0) is 14.6. The molecule has 0 atom stereocenters. The van der Waals surface area contributed by atoms with Crippen molar-refractivity contribution in [2.75, 3.05) is 7.11 Å². The van der Waals surface area contributed by atoms with Crippen molar-refractivity contribution in [3.63, 3.8) is 0 Å². The zero-order valence-corrected chi connectivity index (χ0v) is 15.9. The monoisotopic (exact) mass is 350 g/mol. The maximum atomic E-state index is 11.9. The molecule has 1 aromatic rings. The Morgan fingerprint density at radius 1 is 1.30 bits per heavy atom. The van der Waals surface area contributed by atoms with Crippen molar-refractivity contribution in [3.05, 3.63) is 41.2 Å². The number of benzene rings is 1. The van der Waals surface area contributed by atoms with Crippen LogP contribution in [-0.2, 0) is 47.0 Å². The Kier molecular flexibility index (Phi) is 7.68. The molecule has 107 valence electrons. The second kappa shape index (κ2) is 7.94. The first kappa shape index (κ1) is 19.3. The van der Waals surface area contributed by atoms with Gasteiger partial charge in [0.15, 0.2) is 11.4 Å². The van der Waals surface area contributed by atoms with Gasteiger partial charge in [-0.2, -0.15) is 29.8 Å². The number of aryl methyl sites for hydroxylation is 1. The summed E-state index contributed by atoms with van der Waals surface area (Å²) in [5.41, 5.74) is 1.64. The van der Waals surface area contributed by atoms with Crippen molar-refractivity contribution in [1.82, 2.24) is 0 Å². The van der Waals surface area contributed by atoms with E-state index in [1.807, 2.05) is 46.8 Å². The van der Waals surface area contributed by atoms with Crippen LogP contribution in [0.4, 0.5) is 0 Å². The van der Waals surface area contributed by atoms with E-state index in [1.54, 1.807) is 13.2 Å². The van der Waals surface area contributed by atoms with E-state index in [2.05, 4.69) is 6.07 Å². The summed E-state index contributed by atoms with van der Waals surface area (Å²) >= 11 is 0. The fraction of sp³-hybridized carbons (Fsp3) is 0.438. The Morgan fingerprint density at radius 3 is 2.40 bits per heavy atom. The molecule has 0 amide bonds. The minimum absolute atomic E-state index is 0. The molecule has 0 spiro atoms. The predicted molar refractivity (Wildman–Crippen MR) is 75.5 cm³/mol. The van der Waals surface area contributed by atoms with Gasteiger partial charge in [0.2, 0.25) is 0 Å². The fourth-order valence-corrected chi connectivity index (χ4v) is 2.10. The maximum absolute atomic E-state index is 11.9. The van der Waals surface area contributed by atoms with E-state index in [9.17, 15) is 4.79 Å². The summed E-state index contributed by atoms with van der Waals surface area (Å²) in [6.45, 7) is 9.58. The van der Waals surface area contributed by atoms with Crippen LogP contribution in [0.2, 0.25) is 0 Å². The van der Waals surface area contributed by atoms with Gasteiger partial charge in [-0.05, 0) is 13.8 Å². The third-order valence-corrected chi connectivity index (χ3v) is 2.87. The molecule has 0 saturated carbocycles. The number of carbonyl (C=O) groups excluding carboxylic acids is 1. The van der Waals surface area contributed by atoms with E-state index in [0.717, 1.165) is 11.1 Å². The van der Waals surface area contributed by atoms with E-state index < -0.39 is 5.60 Å². The van der Waals surface area contributed by atoms with Crippen molar-refractivity contribution in [3.8, 4) is 0 Å². The third kappa shape index (κ3) is 3.70. The van der Waals surface area contributed by atoms with Gasteiger partial charge in [0, 0.05) is 32.7 Å². The molecule has 0 fully saturated rings. The zero-order valence-electron chi connectivity index (χ0n) is 13.0. The van der Waals surface area contributed by atoms with Gasteiger partial charge in [-0.3, -0.25) is 0 Å². The molecule has 1 radical (unpaired) electrons. The van der Waals surface area contributed by atoms with Crippen LogP contribution < -0.4 is 0 Å². The molecule has 0 unspecified atom stereocenters. The van der Waals surface area contributed by atoms with Gasteiger partial charge >= 0.3 is 5.97 Å². The average molecular weight is 350 g/mol. The smallest absolute Gasteiger partial charge is 0.341 e. The van der Waals surface area contributed by atoms with Gasteiger partial charge in [0.25, 0.3) is 0 Å². The van der Waals surface area contributed by atoms with Crippen LogP contribution in [-0.4, -0.2) is 18.7 Å². The Bertz CT molecular complexity index is 504. The summed E-state index contributed by atoms with van der Waals surface area (Å²) in [6, 6.07) is 8.45. The average Bonchev–Trinajstić information content (AvgIpc) is 2.61. The predicted octanol–water partition coefficient (Wildman–Crippen LogP) is 3.51. The number of esters is 1. The van der Waals surface area contributed by atoms with Crippen molar-refractivity contribution in [1.29, 1.82) is 0 Å². The Balaban J connectivity index is 0.00000115. The molecule has 0 aliphatic carbocycles. The van der Waals surface area contributed by atoms with Crippen molar-refractivity contribution < 1.29 is 47.0 Å². The van der Waals surface area contributed by atoms with Crippen LogP contribution in [0.15, 0.2) is 24.0 Å². The van der Waals surface area contributed by atoms with Gasteiger partial charge in [0.1, 0.15) is 0 Å². The topological polar surface area (TPSA) is 35.5 Å². The number of carbonyl (C=O) groups is 1. The number of hydrogen-bond donors (Lipinski definition) is 0. The molecule has 4 heteroatoms. The molecule has 1 aliphatic heterocycles. The Hall–Kier alpha value is -0.666. The van der Waals surface area contributed by atoms with Gasteiger partial charge in [0.05, 0.1) is 12.7 Å². The Morgan fingerprint density at radius 2 is 1.90 bits per heavy atom. The number of hydrogen-bond acceptors (Lipinski definition) is 3. The largest absolute Gasteiger partial charge is 0.496 e. The van der Waals surface area contributed by atoms with Crippen LogP contribution in [0.5, 0.6) is 0 Å². The molecular weight excluding hydrogens is 329 g/mol. The summed E-state index contributed by atoms with van der Waals surface area (Å²) in [5.74, 6) is 0.248. The second-order valence-electron chi connectivity index (χ2n) is 4.55. The van der Waals surface area contributed by atoms with Crippen molar-refractivity contribution in [2.24, 2.45) is 0 Å². The van der Waals surface area contributed by atoms with Crippen molar-refractivity contribution >= 4 is 11.5 Å². The van der Waals surface area contributed by atoms with E-state index in [0.29, 0.717) is 11.3 Å². The molecule has 1 aliphatic rings. The van der Waals surface area contributed by atoms with Crippen molar-refractivity contribution in [2.45, 2.75) is 40.2 Å². The molecule has 1 heterocycles. The quantitative estimate of drug-likeness (QED) is 0.605. The van der Waals surface area contributed by atoms with E-state index in [-0.39, 0.29) is 38.7 Å². The first-order chi connectivity index (χ1) is 8.97. The van der Waals surface area contributed by atoms with Crippen LogP contribution in [0.3, 0.4) is 0 Å². The number of rotatable bonds is 2. The van der Waals surface area contributed by atoms with E-state index in [4.69, 9.17) is 9.47 Å². The normalized spacial score (nSPS) is 15.8. The second-order valence-corrected chi connectivity index (χ2v) is 4.55. The molecule has 20 heavy (non-hydrogen) atoms. The van der Waals surface area contributed by atoms with E-state index in [1.165, 1.54) is 0 Å². The van der Waals surface area contributed by atoms with E-state index >= 15 is 0 Å². The fourth-order valence-electron chi connectivity index (χ4n) is 2.10. The number of methoxy groups -OCH3 is 1. The van der Waals surface area contributed by atoms with Gasteiger partial charge in [-0.1, -0.05) is 20.8 Å². The van der Waals surface area contributed by atoms with Gasteiger partial charge in [-0.25, -0.2) is 4.79 Å². The summed E-state index contributed by atoms with van der Waals surface area (Å²) < 4.78 is 10.7. The molecule has 0 aromatic heterocycles. The van der Waals surface area contributed by atoms with Crippen LogP contribution in [0.25, 0.3) is 5.57 Å². The molecule has 2 rings (SSSR count). The standard InChI is InChI=1S/C14H15O3.C2H6.Y/c1-9-7-5-6-8-10(9)11-12(16-4)14(2,3)17-13(11)15;1-2;/h6-8H,1-4H3;1-2H3;/q-1;;. The summed E-state index contributed by atoms with van der Waals surface area (Å²) in [6.07, 6.45) is 0. The summed E-state index contributed by atoms with van der Waals surface area (Å²) in [4.78, 5) is 11.9. The first-order valence-corrected chi connectivity index (χ1v) is 6.46. The van der Waals surface area contributed by atoms with Gasteiger partial charge < -0.3 is 9.47 Å². The minimum Gasteiger partial charge on any atom is -0.496 e.